The molecule has 2 radical (unpaired) electrons. The first-order valence-corrected chi connectivity index (χ1v) is 2.98. The van der Waals surface area contributed by atoms with Crippen molar-refractivity contribution >= 4 is 7.85 Å². The highest BCUT2D eigenvalue weighted by Gasteiger charge is 1.95. The summed E-state index contributed by atoms with van der Waals surface area (Å²) >= 11 is 0. The van der Waals surface area contributed by atoms with E-state index in [1.54, 1.807) is 6.07 Å². The van der Waals surface area contributed by atoms with Gasteiger partial charge in [0.1, 0.15) is 19.7 Å². The van der Waals surface area contributed by atoms with E-state index in [0.717, 1.165) is 0 Å². The fourth-order valence-corrected chi connectivity index (χ4v) is 0.434. The fourth-order valence-electron chi connectivity index (χ4n) is 0.434. The summed E-state index contributed by atoms with van der Waals surface area (Å²) in [4.78, 5) is 0. The molecule has 3 heteroatoms. The van der Waals surface area contributed by atoms with Gasteiger partial charge in [0.15, 0.2) is 0 Å². The predicted molar refractivity (Wildman–Crippen MR) is 43.5 cm³/mol. The minimum Gasteiger partial charge on any atom is -0.211 e. The Hall–Kier alpha value is -1.30. The minimum atomic E-state index is -0.544. The summed E-state index contributed by atoms with van der Waals surface area (Å²) in [5.74, 6) is -0.544. The number of hydrogen-bond donors (Lipinski definition) is 0. The van der Waals surface area contributed by atoms with E-state index in [4.69, 9.17) is 13.1 Å². The second-order valence-corrected chi connectivity index (χ2v) is 1.91. The summed E-state index contributed by atoms with van der Waals surface area (Å²) in [6.07, 6.45) is 2.59. The maximum atomic E-state index is 12.4. The molecular formula is C8H7BFN. The predicted octanol–water partition coefficient (Wildman–Crippen LogP) is 1.99. The highest BCUT2D eigenvalue weighted by atomic mass is 19.1. The molecule has 0 amide bonds. The molecule has 0 N–H and O–H groups in total. The van der Waals surface area contributed by atoms with E-state index < -0.39 is 5.83 Å². The van der Waals surface area contributed by atoms with E-state index >= 15 is 0 Å². The van der Waals surface area contributed by atoms with Crippen molar-refractivity contribution in [1.29, 1.82) is 5.26 Å². The normalized spacial score (nSPS) is 13.4. The molecule has 0 rings (SSSR count). The van der Waals surface area contributed by atoms with Crippen molar-refractivity contribution in [3.63, 3.8) is 0 Å². The molecule has 54 valence electrons. The second-order valence-electron chi connectivity index (χ2n) is 1.91. The molecule has 0 aliphatic rings. The Labute approximate surface area is 66.9 Å². The molecule has 0 spiro atoms. The standard InChI is InChI=1S/C8H7BFN/c1-3-8(9)4-7(5-11)6(2)10/h3-4H,1H2,2H3/b7-6-,8-4+. The quantitative estimate of drug-likeness (QED) is 0.332. The summed E-state index contributed by atoms with van der Waals surface area (Å²) < 4.78 is 12.4. The zero-order valence-corrected chi connectivity index (χ0v) is 6.26. The van der Waals surface area contributed by atoms with Gasteiger partial charge in [0, 0.05) is 0 Å². The van der Waals surface area contributed by atoms with Crippen molar-refractivity contribution in [3.8, 4) is 6.07 Å². The van der Waals surface area contributed by atoms with E-state index in [1.165, 1.54) is 19.1 Å². The van der Waals surface area contributed by atoms with Crippen LogP contribution in [-0.2, 0) is 0 Å². The lowest BCUT2D eigenvalue weighted by Gasteiger charge is -1.91. The average molecular weight is 147 g/mol. The topological polar surface area (TPSA) is 23.8 Å². The first-order chi connectivity index (χ1) is 5.11. The molecule has 0 saturated heterocycles. The Morgan fingerprint density at radius 1 is 1.73 bits per heavy atom. The van der Waals surface area contributed by atoms with Crippen LogP contribution in [0, 0.1) is 11.3 Å². The SMILES string of the molecule is [B]/C(C=C)=C/C(C#N)=C(\C)F. The number of halogens is 1. The van der Waals surface area contributed by atoms with Gasteiger partial charge in [0.05, 0.1) is 5.57 Å². The van der Waals surface area contributed by atoms with Crippen molar-refractivity contribution < 1.29 is 4.39 Å². The van der Waals surface area contributed by atoms with Gasteiger partial charge >= 0.3 is 0 Å². The maximum absolute atomic E-state index is 12.4. The van der Waals surface area contributed by atoms with Crippen LogP contribution < -0.4 is 0 Å². The van der Waals surface area contributed by atoms with Crippen molar-refractivity contribution in [2.45, 2.75) is 6.92 Å². The smallest absolute Gasteiger partial charge is 0.115 e. The molecule has 0 aromatic heterocycles. The van der Waals surface area contributed by atoms with Crippen LogP contribution in [-0.4, -0.2) is 7.85 Å². The van der Waals surface area contributed by atoms with Gasteiger partial charge in [0.2, 0.25) is 0 Å². The minimum absolute atomic E-state index is 0.0672. The average Bonchev–Trinajstić information content (AvgIpc) is 1.99. The Balaban J connectivity index is 4.75. The van der Waals surface area contributed by atoms with E-state index in [1.807, 2.05) is 0 Å². The third-order valence-electron chi connectivity index (χ3n) is 1.04. The number of hydrogen-bond acceptors (Lipinski definition) is 1. The van der Waals surface area contributed by atoms with Crippen LogP contribution in [0.5, 0.6) is 0 Å². The number of rotatable bonds is 2. The van der Waals surface area contributed by atoms with Crippen LogP contribution in [0.4, 0.5) is 4.39 Å². The molecule has 0 fully saturated rings. The zero-order chi connectivity index (χ0) is 8.85. The molecule has 0 atom stereocenters. The van der Waals surface area contributed by atoms with Gasteiger partial charge < -0.3 is 0 Å². The van der Waals surface area contributed by atoms with Gasteiger partial charge in [-0.3, -0.25) is 0 Å². The number of nitriles is 1. The molecule has 0 aliphatic heterocycles. The lowest BCUT2D eigenvalue weighted by atomic mass is 9.93. The molecule has 0 aromatic carbocycles. The zero-order valence-electron chi connectivity index (χ0n) is 6.26. The van der Waals surface area contributed by atoms with E-state index in [9.17, 15) is 4.39 Å². The highest BCUT2D eigenvalue weighted by molar-refractivity contribution is 6.23. The monoisotopic (exact) mass is 147 g/mol. The Morgan fingerprint density at radius 2 is 2.27 bits per heavy atom. The van der Waals surface area contributed by atoms with Crippen LogP contribution in [0.2, 0.25) is 0 Å². The summed E-state index contributed by atoms with van der Waals surface area (Å²) in [7, 11) is 5.28. The number of nitrogens with zero attached hydrogens (tertiary/aromatic N) is 1. The van der Waals surface area contributed by atoms with Crippen LogP contribution in [0.15, 0.2) is 35.6 Å². The molecule has 0 aliphatic carbocycles. The Bertz CT molecular complexity index is 254. The van der Waals surface area contributed by atoms with Gasteiger partial charge in [-0.05, 0) is 13.0 Å². The van der Waals surface area contributed by atoms with Crippen LogP contribution in [0.3, 0.4) is 0 Å². The van der Waals surface area contributed by atoms with E-state index in [0.29, 0.717) is 0 Å². The van der Waals surface area contributed by atoms with Gasteiger partial charge in [-0.15, -0.1) is 0 Å². The van der Waals surface area contributed by atoms with Crippen LogP contribution in [0.25, 0.3) is 0 Å². The molecule has 0 saturated carbocycles. The molecule has 0 unspecified atom stereocenters. The Kier molecular flexibility index (Phi) is 3.98. The van der Waals surface area contributed by atoms with E-state index in [-0.39, 0.29) is 11.0 Å². The highest BCUT2D eigenvalue weighted by Crippen LogP contribution is 2.07. The summed E-state index contributed by atoms with van der Waals surface area (Å²) in [6.45, 7) is 4.56. The van der Waals surface area contributed by atoms with Crippen molar-refractivity contribution in [2.75, 3.05) is 0 Å². The van der Waals surface area contributed by atoms with Gasteiger partial charge in [0.25, 0.3) is 0 Å². The molecule has 0 bridgehead atoms. The molecular weight excluding hydrogens is 140 g/mol. The van der Waals surface area contributed by atoms with Crippen molar-refractivity contribution in [3.05, 3.63) is 35.6 Å². The third-order valence-corrected chi connectivity index (χ3v) is 1.04. The van der Waals surface area contributed by atoms with Gasteiger partial charge in [-0.1, -0.05) is 18.1 Å². The number of allylic oxidation sites excluding steroid dienone is 5. The molecule has 11 heavy (non-hydrogen) atoms. The molecule has 0 heterocycles. The first kappa shape index (κ1) is 9.70. The van der Waals surface area contributed by atoms with Crippen LogP contribution >= 0.6 is 0 Å². The lowest BCUT2D eigenvalue weighted by Crippen LogP contribution is -1.80. The second kappa shape index (κ2) is 4.51. The van der Waals surface area contributed by atoms with Gasteiger partial charge in [-0.2, -0.15) is 5.26 Å². The van der Waals surface area contributed by atoms with Crippen LogP contribution in [0.1, 0.15) is 6.92 Å². The summed E-state index contributed by atoms with van der Waals surface area (Å²) in [6, 6.07) is 1.67. The largest absolute Gasteiger partial charge is 0.211 e. The van der Waals surface area contributed by atoms with E-state index in [2.05, 4.69) is 6.58 Å². The Morgan fingerprint density at radius 3 is 2.55 bits per heavy atom. The van der Waals surface area contributed by atoms with Crippen molar-refractivity contribution in [2.24, 2.45) is 0 Å². The summed E-state index contributed by atoms with van der Waals surface area (Å²) in [5.41, 5.74) is 0.209. The van der Waals surface area contributed by atoms with Crippen molar-refractivity contribution in [1.82, 2.24) is 0 Å². The molecule has 1 nitrogen and oxygen atoms in total. The molecule has 0 aromatic rings. The first-order valence-electron chi connectivity index (χ1n) is 2.98. The van der Waals surface area contributed by atoms with Gasteiger partial charge in [-0.25, -0.2) is 4.39 Å². The third kappa shape index (κ3) is 3.41. The summed E-state index contributed by atoms with van der Waals surface area (Å²) in [5, 5.41) is 8.36. The maximum Gasteiger partial charge on any atom is 0.115 e. The lowest BCUT2D eigenvalue weighted by molar-refractivity contribution is 0.635. The fraction of sp³-hybridized carbons (Fsp3) is 0.125.